The van der Waals surface area contributed by atoms with E-state index in [9.17, 15) is 13.2 Å². The van der Waals surface area contributed by atoms with Gasteiger partial charge in [0, 0.05) is 25.0 Å². The Morgan fingerprint density at radius 3 is 2.69 bits per heavy atom. The summed E-state index contributed by atoms with van der Waals surface area (Å²) in [7, 11) is -2.00. The van der Waals surface area contributed by atoms with E-state index in [2.05, 4.69) is 23.5 Å². The van der Waals surface area contributed by atoms with Crippen LogP contribution >= 0.6 is 0 Å². The number of carbonyl (C=O) groups is 1. The highest BCUT2D eigenvalue weighted by atomic mass is 32.2. The van der Waals surface area contributed by atoms with E-state index in [1.165, 1.54) is 17.6 Å². The van der Waals surface area contributed by atoms with E-state index in [0.717, 1.165) is 24.7 Å². The fraction of sp³-hybridized carbons (Fsp3) is 0.444. The number of hydrogen-bond acceptors (Lipinski definition) is 5. The third-order valence-electron chi connectivity index (χ3n) is 4.17. The number of methoxy groups -OCH3 is 1. The number of ether oxygens (including phenoxy) is 1. The summed E-state index contributed by atoms with van der Waals surface area (Å²) < 4.78 is 30.5. The molecule has 2 rings (SSSR count). The molecule has 0 saturated heterocycles. The first-order valence-corrected chi connectivity index (χ1v) is 10.2. The number of nitrogens with one attached hydrogen (secondary N) is 1. The summed E-state index contributed by atoms with van der Waals surface area (Å²) in [6.45, 7) is 8.41. The van der Waals surface area contributed by atoms with Gasteiger partial charge >= 0.3 is 0 Å². The molecule has 1 amide bonds. The van der Waals surface area contributed by atoms with E-state index in [4.69, 9.17) is 4.74 Å². The standard InChI is InChI=1S/C18H25N3O4S/c1-13(15-8-9-15)14(2)21(26(4,23)24)12-6-11-19-17(22)16-7-5-10-20-18(16)25-3/h5,7,10,15H,1-2,6,8-9,11-12H2,3-4H3,(H,19,22). The van der Waals surface area contributed by atoms with Crippen molar-refractivity contribution in [1.82, 2.24) is 14.6 Å². The second-order valence-electron chi connectivity index (χ2n) is 6.25. The molecule has 0 atom stereocenters. The average molecular weight is 379 g/mol. The van der Waals surface area contributed by atoms with Gasteiger partial charge < -0.3 is 10.1 Å². The number of nitrogens with zero attached hydrogens (tertiary/aromatic N) is 2. The zero-order chi connectivity index (χ0) is 19.3. The molecule has 0 aliphatic heterocycles. The lowest BCUT2D eigenvalue weighted by molar-refractivity contribution is 0.0949. The van der Waals surface area contributed by atoms with Gasteiger partial charge in [-0.25, -0.2) is 13.4 Å². The molecule has 1 heterocycles. The van der Waals surface area contributed by atoms with Gasteiger partial charge in [0.1, 0.15) is 5.56 Å². The van der Waals surface area contributed by atoms with Crippen LogP contribution in [-0.2, 0) is 10.0 Å². The molecule has 1 aromatic rings. The molecule has 0 radical (unpaired) electrons. The van der Waals surface area contributed by atoms with E-state index in [-0.39, 0.29) is 18.3 Å². The van der Waals surface area contributed by atoms with Crippen molar-refractivity contribution in [3.8, 4) is 5.88 Å². The van der Waals surface area contributed by atoms with Crippen LogP contribution in [0.5, 0.6) is 5.88 Å². The van der Waals surface area contributed by atoms with Gasteiger partial charge in [0.05, 0.1) is 13.4 Å². The van der Waals surface area contributed by atoms with E-state index in [1.54, 1.807) is 12.1 Å². The smallest absolute Gasteiger partial charge is 0.256 e. The van der Waals surface area contributed by atoms with Crippen LogP contribution in [0.15, 0.2) is 42.8 Å². The van der Waals surface area contributed by atoms with E-state index in [0.29, 0.717) is 30.1 Å². The van der Waals surface area contributed by atoms with Crippen molar-refractivity contribution in [2.45, 2.75) is 19.3 Å². The number of allylic oxidation sites excluding steroid dienone is 1. The summed E-state index contributed by atoms with van der Waals surface area (Å²) in [5.41, 5.74) is 1.55. The first-order valence-electron chi connectivity index (χ1n) is 8.38. The van der Waals surface area contributed by atoms with Gasteiger partial charge in [-0.15, -0.1) is 0 Å². The number of sulfonamides is 1. The van der Waals surface area contributed by atoms with Crippen molar-refractivity contribution in [2.75, 3.05) is 26.5 Å². The zero-order valence-electron chi connectivity index (χ0n) is 15.2. The topological polar surface area (TPSA) is 88.6 Å². The highest BCUT2D eigenvalue weighted by Crippen LogP contribution is 2.39. The lowest BCUT2D eigenvalue weighted by Crippen LogP contribution is -2.33. The van der Waals surface area contributed by atoms with Crippen molar-refractivity contribution < 1.29 is 17.9 Å². The van der Waals surface area contributed by atoms with Crippen LogP contribution in [0.2, 0.25) is 0 Å². The predicted molar refractivity (Wildman–Crippen MR) is 100 cm³/mol. The molecule has 0 aromatic carbocycles. The van der Waals surface area contributed by atoms with Crippen molar-refractivity contribution in [3.63, 3.8) is 0 Å². The number of pyridine rings is 1. The Morgan fingerprint density at radius 1 is 1.42 bits per heavy atom. The van der Waals surface area contributed by atoms with Gasteiger partial charge in [0.15, 0.2) is 0 Å². The fourth-order valence-corrected chi connectivity index (χ4v) is 3.55. The molecule has 1 aromatic heterocycles. The molecule has 8 heteroatoms. The molecule has 26 heavy (non-hydrogen) atoms. The molecule has 0 spiro atoms. The highest BCUT2D eigenvalue weighted by Gasteiger charge is 2.30. The number of rotatable bonds is 10. The average Bonchev–Trinajstić information content (AvgIpc) is 3.44. The van der Waals surface area contributed by atoms with Crippen molar-refractivity contribution in [2.24, 2.45) is 5.92 Å². The summed E-state index contributed by atoms with van der Waals surface area (Å²) in [5.74, 6) is 0.267. The van der Waals surface area contributed by atoms with Crippen LogP contribution in [0.25, 0.3) is 0 Å². The zero-order valence-corrected chi connectivity index (χ0v) is 16.0. The largest absolute Gasteiger partial charge is 0.480 e. The SMILES string of the molecule is C=C(C(=C)N(CCCNC(=O)c1cccnc1OC)S(C)(=O)=O)C1CC1. The first kappa shape index (κ1) is 20.0. The minimum absolute atomic E-state index is 0.230. The molecule has 1 aliphatic carbocycles. The van der Waals surface area contributed by atoms with Crippen LogP contribution in [0.4, 0.5) is 0 Å². The van der Waals surface area contributed by atoms with Crippen LogP contribution in [0.1, 0.15) is 29.6 Å². The van der Waals surface area contributed by atoms with Crippen LogP contribution in [-0.4, -0.2) is 50.1 Å². The Labute approximate surface area is 154 Å². The molecule has 0 bridgehead atoms. The summed E-state index contributed by atoms with van der Waals surface area (Å²) in [5, 5.41) is 2.75. The predicted octanol–water partition coefficient (Wildman–Crippen LogP) is 1.95. The van der Waals surface area contributed by atoms with Crippen molar-refractivity contribution in [3.05, 3.63) is 48.3 Å². The minimum Gasteiger partial charge on any atom is -0.480 e. The molecular weight excluding hydrogens is 354 g/mol. The molecule has 1 saturated carbocycles. The summed E-state index contributed by atoms with van der Waals surface area (Å²) >= 11 is 0. The van der Waals surface area contributed by atoms with E-state index < -0.39 is 10.0 Å². The summed E-state index contributed by atoms with van der Waals surface area (Å²) in [6.07, 6.45) is 5.19. The minimum atomic E-state index is -3.45. The maximum atomic E-state index is 12.2. The molecule has 1 N–H and O–H groups in total. The third kappa shape index (κ3) is 5.08. The first-order chi connectivity index (χ1) is 12.3. The maximum Gasteiger partial charge on any atom is 0.256 e. The quantitative estimate of drug-likeness (QED) is 0.496. The Balaban J connectivity index is 1.90. The number of aromatic nitrogens is 1. The lowest BCUT2D eigenvalue weighted by atomic mass is 10.1. The molecular formula is C18H25N3O4S. The van der Waals surface area contributed by atoms with Crippen LogP contribution in [0, 0.1) is 5.92 Å². The fourth-order valence-electron chi connectivity index (χ4n) is 2.57. The molecule has 0 unspecified atom stereocenters. The number of carbonyl (C=O) groups excluding carboxylic acids is 1. The van der Waals surface area contributed by atoms with Gasteiger partial charge in [0.25, 0.3) is 5.91 Å². The molecule has 1 aliphatic rings. The second-order valence-corrected chi connectivity index (χ2v) is 8.16. The highest BCUT2D eigenvalue weighted by molar-refractivity contribution is 7.88. The molecule has 142 valence electrons. The van der Waals surface area contributed by atoms with Gasteiger partial charge in [-0.2, -0.15) is 0 Å². The number of hydrogen-bond donors (Lipinski definition) is 1. The summed E-state index contributed by atoms with van der Waals surface area (Å²) in [4.78, 5) is 16.2. The Bertz CT molecular complexity index is 800. The van der Waals surface area contributed by atoms with Crippen LogP contribution in [0.3, 0.4) is 0 Å². The molecule has 1 fully saturated rings. The number of amides is 1. The Hall–Kier alpha value is -2.35. The maximum absolute atomic E-state index is 12.2. The molecule has 7 nitrogen and oxygen atoms in total. The van der Waals surface area contributed by atoms with Crippen molar-refractivity contribution in [1.29, 1.82) is 0 Å². The van der Waals surface area contributed by atoms with Crippen LogP contribution < -0.4 is 10.1 Å². The monoisotopic (exact) mass is 379 g/mol. The van der Waals surface area contributed by atoms with Crippen molar-refractivity contribution >= 4 is 15.9 Å². The lowest BCUT2D eigenvalue weighted by Gasteiger charge is -2.25. The van der Waals surface area contributed by atoms with Gasteiger partial charge in [0.2, 0.25) is 15.9 Å². The Kier molecular flexibility index (Phi) is 6.42. The van der Waals surface area contributed by atoms with E-state index in [1.807, 2.05) is 0 Å². The van der Waals surface area contributed by atoms with E-state index >= 15 is 0 Å². The van der Waals surface area contributed by atoms with Gasteiger partial charge in [-0.3, -0.25) is 9.10 Å². The third-order valence-corrected chi connectivity index (χ3v) is 5.38. The normalized spacial score (nSPS) is 13.8. The van der Waals surface area contributed by atoms with Gasteiger partial charge in [-0.05, 0) is 42.9 Å². The second kappa shape index (κ2) is 8.35. The Morgan fingerprint density at radius 2 is 2.12 bits per heavy atom. The summed E-state index contributed by atoms with van der Waals surface area (Å²) in [6, 6.07) is 3.27. The van der Waals surface area contributed by atoms with Gasteiger partial charge in [-0.1, -0.05) is 13.2 Å².